The van der Waals surface area contributed by atoms with Crippen LogP contribution in [-0.2, 0) is 34.3 Å². The number of nitrogens with zero attached hydrogens (tertiary/aromatic N) is 3. The first kappa shape index (κ1) is 30.6. The van der Waals surface area contributed by atoms with Crippen LogP contribution in [0.4, 0.5) is 5.13 Å². The van der Waals surface area contributed by atoms with Gasteiger partial charge in [-0.15, -0.1) is 11.3 Å². The largest absolute Gasteiger partial charge is 0.450 e. The number of ether oxygens (including phenoxy) is 1. The summed E-state index contributed by atoms with van der Waals surface area (Å²) in [6, 6.07) is 16.0. The van der Waals surface area contributed by atoms with Gasteiger partial charge in [-0.3, -0.25) is 14.1 Å². The van der Waals surface area contributed by atoms with E-state index in [9.17, 15) is 27.4 Å². The zero-order valence-corrected chi connectivity index (χ0v) is 24.5. The molecule has 0 spiro atoms. The molecule has 2 heterocycles. The van der Waals surface area contributed by atoms with Crippen LogP contribution in [0.3, 0.4) is 0 Å². The number of hydrogen-bond donors (Lipinski definition) is 3. The average Bonchev–Trinajstić information content (AvgIpc) is 3.38. The number of rotatable bonds is 11. The summed E-state index contributed by atoms with van der Waals surface area (Å²) in [6.07, 6.45) is -0.638. The van der Waals surface area contributed by atoms with Crippen molar-refractivity contribution >= 4 is 50.3 Å². The van der Waals surface area contributed by atoms with E-state index in [-0.39, 0.29) is 17.2 Å². The molecule has 222 valence electrons. The van der Waals surface area contributed by atoms with Gasteiger partial charge in [-0.05, 0) is 31.4 Å². The van der Waals surface area contributed by atoms with Gasteiger partial charge in [-0.2, -0.15) is 8.42 Å². The molecule has 0 aliphatic carbocycles. The van der Waals surface area contributed by atoms with Crippen LogP contribution in [0.25, 0.3) is 0 Å². The SMILES string of the molecule is CC[C@H]1[C@H](NC(=O)C(=NOC(C)(C)C(=O)OC(c2ccccc2)c2ccccc2)c2csc(N)n2)C(=O)N1S(=O)(=O)O. The molecule has 1 aliphatic rings. The number of thiazole rings is 1. The maximum Gasteiger partial charge on any atom is 0.362 e. The normalized spacial score (nSPS) is 17.5. The van der Waals surface area contributed by atoms with Gasteiger partial charge < -0.3 is 20.6 Å². The van der Waals surface area contributed by atoms with E-state index in [1.165, 1.54) is 19.2 Å². The molecule has 1 fully saturated rings. The van der Waals surface area contributed by atoms with Gasteiger partial charge in [-0.1, -0.05) is 72.7 Å². The highest BCUT2D eigenvalue weighted by Gasteiger charge is 2.53. The van der Waals surface area contributed by atoms with Crippen molar-refractivity contribution in [3.8, 4) is 0 Å². The Morgan fingerprint density at radius 3 is 2.19 bits per heavy atom. The molecule has 42 heavy (non-hydrogen) atoms. The molecule has 3 aromatic rings. The van der Waals surface area contributed by atoms with E-state index in [4.69, 9.17) is 15.3 Å². The predicted molar refractivity (Wildman–Crippen MR) is 153 cm³/mol. The van der Waals surface area contributed by atoms with E-state index in [1.54, 1.807) is 6.92 Å². The van der Waals surface area contributed by atoms with Crippen molar-refractivity contribution in [1.82, 2.24) is 14.6 Å². The maximum atomic E-state index is 13.4. The Kier molecular flexibility index (Phi) is 8.94. The molecule has 4 rings (SSSR count). The fraction of sp³-hybridized carbons (Fsp3) is 0.296. The molecular weight excluding hydrogens is 586 g/mol. The molecule has 1 aromatic heterocycles. The van der Waals surface area contributed by atoms with Gasteiger partial charge in [0.15, 0.2) is 16.9 Å². The van der Waals surface area contributed by atoms with Crippen LogP contribution < -0.4 is 11.1 Å². The van der Waals surface area contributed by atoms with Gasteiger partial charge in [0.2, 0.25) is 5.60 Å². The van der Waals surface area contributed by atoms with Crippen molar-refractivity contribution in [2.45, 2.75) is 51.0 Å². The molecule has 2 aromatic carbocycles. The smallest absolute Gasteiger partial charge is 0.362 e. The molecule has 0 saturated carbocycles. The van der Waals surface area contributed by atoms with Crippen molar-refractivity contribution in [1.29, 1.82) is 0 Å². The summed E-state index contributed by atoms with van der Waals surface area (Å²) in [5.74, 6) is -2.75. The average molecular weight is 616 g/mol. The van der Waals surface area contributed by atoms with Crippen LogP contribution in [0.1, 0.15) is 50.1 Å². The third-order valence-corrected chi connectivity index (χ3v) is 8.01. The predicted octanol–water partition coefficient (Wildman–Crippen LogP) is 2.47. The van der Waals surface area contributed by atoms with E-state index in [0.717, 1.165) is 22.5 Å². The molecule has 0 unspecified atom stereocenters. The van der Waals surface area contributed by atoms with Crippen molar-refractivity contribution in [2.75, 3.05) is 5.73 Å². The summed E-state index contributed by atoms with van der Waals surface area (Å²) in [7, 11) is -4.80. The number of carbonyl (C=O) groups excluding carboxylic acids is 3. The maximum absolute atomic E-state index is 13.4. The zero-order valence-electron chi connectivity index (χ0n) is 22.8. The highest BCUT2D eigenvalue weighted by Crippen LogP contribution is 2.29. The lowest BCUT2D eigenvalue weighted by molar-refractivity contribution is -0.172. The lowest BCUT2D eigenvalue weighted by atomic mass is 9.96. The molecule has 2 amide bonds. The number of nitrogen functional groups attached to an aromatic ring is 1. The highest BCUT2D eigenvalue weighted by atomic mass is 32.2. The lowest BCUT2D eigenvalue weighted by Crippen LogP contribution is -2.72. The second-order valence-corrected chi connectivity index (χ2v) is 11.9. The molecule has 13 nitrogen and oxygen atoms in total. The third kappa shape index (κ3) is 6.58. The number of aromatic nitrogens is 1. The minimum Gasteiger partial charge on any atom is -0.450 e. The summed E-state index contributed by atoms with van der Waals surface area (Å²) in [4.78, 5) is 48.6. The number of nitrogens with one attached hydrogen (secondary N) is 1. The van der Waals surface area contributed by atoms with Crippen molar-refractivity contribution in [3.05, 3.63) is 82.9 Å². The molecule has 0 radical (unpaired) electrons. The molecule has 2 atom stereocenters. The zero-order chi connectivity index (χ0) is 30.7. The lowest BCUT2D eigenvalue weighted by Gasteiger charge is -2.43. The molecule has 1 saturated heterocycles. The van der Waals surface area contributed by atoms with Crippen LogP contribution in [0.5, 0.6) is 0 Å². The number of hydrogen-bond acceptors (Lipinski definition) is 11. The topological polar surface area (TPSA) is 191 Å². The van der Waals surface area contributed by atoms with Crippen LogP contribution in [0.15, 0.2) is 71.2 Å². The number of benzene rings is 2. The number of β-lactam (4-membered cyclic amide) rings is 1. The van der Waals surface area contributed by atoms with E-state index in [0.29, 0.717) is 4.31 Å². The number of oxime groups is 1. The minimum atomic E-state index is -4.80. The Morgan fingerprint density at radius 2 is 1.71 bits per heavy atom. The number of amides is 2. The molecule has 4 N–H and O–H groups in total. The quantitative estimate of drug-likeness (QED) is 0.0949. The van der Waals surface area contributed by atoms with Gasteiger partial charge in [0.25, 0.3) is 11.8 Å². The molecule has 1 aliphatic heterocycles. The summed E-state index contributed by atoms with van der Waals surface area (Å²) >= 11 is 1.01. The minimum absolute atomic E-state index is 0.00271. The molecule has 0 bridgehead atoms. The summed E-state index contributed by atoms with van der Waals surface area (Å²) in [5.41, 5.74) is 5.07. The molecular formula is C27H29N5O8S2. The first-order valence-electron chi connectivity index (χ1n) is 12.7. The summed E-state index contributed by atoms with van der Waals surface area (Å²) in [5, 5.41) is 7.85. The van der Waals surface area contributed by atoms with E-state index in [2.05, 4.69) is 15.5 Å². The first-order valence-corrected chi connectivity index (χ1v) is 15.0. The Hall–Kier alpha value is -4.34. The molecule has 15 heteroatoms. The first-order chi connectivity index (χ1) is 19.8. The number of carbonyl (C=O) groups is 3. The number of esters is 1. The van der Waals surface area contributed by atoms with Crippen LogP contribution in [-0.4, -0.2) is 63.4 Å². The van der Waals surface area contributed by atoms with E-state index < -0.39 is 57.6 Å². The standard InChI is InChI=1S/C27H29N5O8S2/c1-4-19-21(24(34)32(19)42(36,37)38)30-23(33)20(18-15-41-26(28)29-18)31-40-27(2,3)25(35)39-22(16-11-7-5-8-12-16)17-13-9-6-10-14-17/h5-15,19,21-22H,4H2,1-3H3,(H2,28,29)(H,30,33)(H,36,37,38)/t19-,21-/m0/s1. The Labute approximate surface area is 246 Å². The van der Waals surface area contributed by atoms with Gasteiger partial charge >= 0.3 is 16.3 Å². The van der Waals surface area contributed by atoms with E-state index in [1.807, 2.05) is 60.7 Å². The Morgan fingerprint density at radius 1 is 1.14 bits per heavy atom. The van der Waals surface area contributed by atoms with Crippen LogP contribution in [0, 0.1) is 0 Å². The monoisotopic (exact) mass is 615 g/mol. The second-order valence-electron chi connectivity index (χ2n) is 9.76. The third-order valence-electron chi connectivity index (χ3n) is 6.39. The van der Waals surface area contributed by atoms with Gasteiger partial charge in [-0.25, -0.2) is 14.1 Å². The van der Waals surface area contributed by atoms with Crippen molar-refractivity contribution < 1.29 is 36.9 Å². The summed E-state index contributed by atoms with van der Waals surface area (Å²) in [6.45, 7) is 4.40. The summed E-state index contributed by atoms with van der Waals surface area (Å²) < 4.78 is 38.6. The second kappa shape index (κ2) is 12.3. The fourth-order valence-electron chi connectivity index (χ4n) is 4.20. The number of anilines is 1. The number of nitrogens with two attached hydrogens (primary N) is 1. The van der Waals surface area contributed by atoms with Gasteiger partial charge in [0.1, 0.15) is 11.7 Å². The van der Waals surface area contributed by atoms with Crippen molar-refractivity contribution in [3.63, 3.8) is 0 Å². The van der Waals surface area contributed by atoms with Gasteiger partial charge in [0.05, 0.1) is 6.04 Å². The highest BCUT2D eigenvalue weighted by molar-refractivity contribution is 7.84. The van der Waals surface area contributed by atoms with Crippen LogP contribution >= 0.6 is 11.3 Å². The van der Waals surface area contributed by atoms with Gasteiger partial charge in [0, 0.05) is 5.38 Å². The Bertz CT molecular complexity index is 1550. The Balaban J connectivity index is 1.56. The fourth-order valence-corrected chi connectivity index (χ4v) is 5.70. The van der Waals surface area contributed by atoms with Crippen LogP contribution in [0.2, 0.25) is 0 Å². The van der Waals surface area contributed by atoms with Crippen molar-refractivity contribution in [2.24, 2.45) is 5.16 Å². The van der Waals surface area contributed by atoms with E-state index >= 15 is 0 Å².